The monoisotopic (exact) mass is 237 g/mol. The van der Waals surface area contributed by atoms with Gasteiger partial charge in [-0.15, -0.1) is 0 Å². The summed E-state index contributed by atoms with van der Waals surface area (Å²) in [5, 5.41) is 7.56. The van der Waals surface area contributed by atoms with E-state index in [0.717, 1.165) is 37.9 Å². The Bertz CT molecular complexity index is 374. The average Bonchev–Trinajstić information content (AvgIpc) is 3.00. The largest absolute Gasteiger partial charge is 0.381 e. The molecule has 3 heterocycles. The molecule has 0 spiro atoms. The average molecular weight is 237 g/mol. The number of nitrogens with zero attached hydrogens (tertiary/aromatic N) is 2. The molecule has 0 amide bonds. The van der Waals surface area contributed by atoms with E-state index in [9.17, 15) is 0 Å². The Kier molecular flexibility index (Phi) is 3.11. The Hall–Kier alpha value is -0.940. The summed E-state index contributed by atoms with van der Waals surface area (Å²) in [5.74, 6) is 2.46. The highest BCUT2D eigenvalue weighted by molar-refractivity contribution is 5.01. The van der Waals surface area contributed by atoms with Gasteiger partial charge in [0, 0.05) is 12.5 Å². The van der Waals surface area contributed by atoms with Crippen molar-refractivity contribution >= 4 is 0 Å². The zero-order valence-corrected chi connectivity index (χ0v) is 10.2. The normalized spacial score (nSPS) is 34.1. The molecule has 3 atom stereocenters. The fraction of sp³-hybridized carbons (Fsp3) is 0.833. The second kappa shape index (κ2) is 4.74. The lowest BCUT2D eigenvalue weighted by molar-refractivity contribution is 0.192. The molecular formula is C12H19N3O2. The zero-order valence-electron chi connectivity index (χ0n) is 10.2. The minimum absolute atomic E-state index is 0.229. The molecule has 5 heteroatoms. The first-order valence-electron chi connectivity index (χ1n) is 6.49. The molecule has 2 aliphatic rings. The third-order valence-corrected chi connectivity index (χ3v) is 3.79. The van der Waals surface area contributed by atoms with Crippen molar-refractivity contribution in [2.75, 3.05) is 19.8 Å². The van der Waals surface area contributed by atoms with Crippen LogP contribution in [0.4, 0.5) is 0 Å². The van der Waals surface area contributed by atoms with Gasteiger partial charge in [-0.3, -0.25) is 0 Å². The molecule has 1 aromatic heterocycles. The maximum absolute atomic E-state index is 5.41. The van der Waals surface area contributed by atoms with E-state index in [1.807, 2.05) is 0 Å². The summed E-state index contributed by atoms with van der Waals surface area (Å²) in [4.78, 5) is 4.55. The minimum Gasteiger partial charge on any atom is -0.381 e. The second-order valence-electron chi connectivity index (χ2n) is 5.10. The quantitative estimate of drug-likeness (QED) is 0.847. The Labute approximate surface area is 101 Å². The lowest BCUT2D eigenvalue weighted by Crippen LogP contribution is -2.33. The molecule has 2 saturated heterocycles. The number of rotatable bonds is 2. The van der Waals surface area contributed by atoms with Gasteiger partial charge in [0.2, 0.25) is 5.89 Å². The number of nitrogens with one attached hydrogen (secondary N) is 1. The number of piperidine rings is 1. The molecule has 94 valence electrons. The number of hydrogen-bond acceptors (Lipinski definition) is 5. The number of aromatic nitrogens is 2. The first kappa shape index (κ1) is 11.2. The van der Waals surface area contributed by atoms with Crippen LogP contribution in [0.5, 0.6) is 0 Å². The van der Waals surface area contributed by atoms with E-state index >= 15 is 0 Å². The standard InChI is InChI=1S/C12H19N3O2/c1-8-3-2-5-13-10(8)12-14-11(15-17-12)9-4-6-16-7-9/h8-10,13H,2-7H2,1H3. The van der Waals surface area contributed by atoms with Crippen LogP contribution in [0.15, 0.2) is 4.52 Å². The van der Waals surface area contributed by atoms with E-state index in [1.165, 1.54) is 12.8 Å². The second-order valence-corrected chi connectivity index (χ2v) is 5.10. The van der Waals surface area contributed by atoms with Crippen LogP contribution in [0.3, 0.4) is 0 Å². The molecule has 0 radical (unpaired) electrons. The van der Waals surface area contributed by atoms with E-state index in [1.54, 1.807) is 0 Å². The van der Waals surface area contributed by atoms with Crippen molar-refractivity contribution in [1.82, 2.24) is 15.5 Å². The van der Waals surface area contributed by atoms with E-state index in [0.29, 0.717) is 11.8 Å². The van der Waals surface area contributed by atoms with Crippen molar-refractivity contribution in [2.45, 2.75) is 38.1 Å². The van der Waals surface area contributed by atoms with Gasteiger partial charge in [0.25, 0.3) is 0 Å². The molecule has 0 aromatic carbocycles. The highest BCUT2D eigenvalue weighted by atomic mass is 16.5. The fourth-order valence-corrected chi connectivity index (χ4v) is 2.66. The number of hydrogen-bond donors (Lipinski definition) is 1. The van der Waals surface area contributed by atoms with Gasteiger partial charge >= 0.3 is 0 Å². The highest BCUT2D eigenvalue weighted by Crippen LogP contribution is 2.29. The van der Waals surface area contributed by atoms with E-state index in [2.05, 4.69) is 22.4 Å². The van der Waals surface area contributed by atoms with Crippen LogP contribution >= 0.6 is 0 Å². The summed E-state index contributed by atoms with van der Waals surface area (Å²) in [7, 11) is 0. The lowest BCUT2D eigenvalue weighted by Gasteiger charge is -2.26. The summed E-state index contributed by atoms with van der Waals surface area (Å²) < 4.78 is 10.8. The molecule has 1 aromatic rings. The van der Waals surface area contributed by atoms with Gasteiger partial charge in [0.05, 0.1) is 12.6 Å². The summed E-state index contributed by atoms with van der Waals surface area (Å²) in [6, 6.07) is 0.229. The third-order valence-electron chi connectivity index (χ3n) is 3.79. The van der Waals surface area contributed by atoms with Crippen LogP contribution in [0.2, 0.25) is 0 Å². The lowest BCUT2D eigenvalue weighted by atomic mass is 9.93. The molecule has 0 saturated carbocycles. The van der Waals surface area contributed by atoms with Crippen molar-refractivity contribution in [3.63, 3.8) is 0 Å². The summed E-state index contributed by atoms with van der Waals surface area (Å²) >= 11 is 0. The minimum atomic E-state index is 0.229. The molecular weight excluding hydrogens is 218 g/mol. The smallest absolute Gasteiger partial charge is 0.244 e. The molecule has 2 fully saturated rings. The first-order chi connectivity index (χ1) is 8.34. The predicted octanol–water partition coefficient (Wildman–Crippen LogP) is 1.63. The molecule has 0 bridgehead atoms. The van der Waals surface area contributed by atoms with Crippen LogP contribution < -0.4 is 5.32 Å². The summed E-state index contributed by atoms with van der Waals surface area (Å²) in [6.45, 7) is 4.82. The van der Waals surface area contributed by atoms with Crippen LogP contribution in [0, 0.1) is 5.92 Å². The molecule has 3 rings (SSSR count). The van der Waals surface area contributed by atoms with Gasteiger partial charge in [-0.05, 0) is 31.7 Å². The molecule has 0 aliphatic carbocycles. The van der Waals surface area contributed by atoms with Crippen molar-refractivity contribution < 1.29 is 9.26 Å². The molecule has 5 nitrogen and oxygen atoms in total. The fourth-order valence-electron chi connectivity index (χ4n) is 2.66. The van der Waals surface area contributed by atoms with Crippen LogP contribution in [0.25, 0.3) is 0 Å². The molecule has 2 aliphatic heterocycles. The van der Waals surface area contributed by atoms with Gasteiger partial charge in [-0.2, -0.15) is 4.98 Å². The molecule has 1 N–H and O–H groups in total. The highest BCUT2D eigenvalue weighted by Gasteiger charge is 2.29. The molecule has 17 heavy (non-hydrogen) atoms. The van der Waals surface area contributed by atoms with Crippen molar-refractivity contribution in [1.29, 1.82) is 0 Å². The topological polar surface area (TPSA) is 60.2 Å². The van der Waals surface area contributed by atoms with Crippen LogP contribution in [-0.4, -0.2) is 29.9 Å². The summed E-state index contributed by atoms with van der Waals surface area (Å²) in [6.07, 6.45) is 3.46. The predicted molar refractivity (Wildman–Crippen MR) is 61.6 cm³/mol. The van der Waals surface area contributed by atoms with E-state index < -0.39 is 0 Å². The first-order valence-corrected chi connectivity index (χ1v) is 6.49. The van der Waals surface area contributed by atoms with Gasteiger partial charge in [0.15, 0.2) is 5.82 Å². The Morgan fingerprint density at radius 1 is 1.35 bits per heavy atom. The third kappa shape index (κ3) is 2.21. The van der Waals surface area contributed by atoms with Crippen LogP contribution in [0.1, 0.15) is 49.9 Å². The SMILES string of the molecule is CC1CCCNC1c1nc(C2CCOC2)no1. The Balaban J connectivity index is 1.74. The van der Waals surface area contributed by atoms with Crippen molar-refractivity contribution in [3.8, 4) is 0 Å². The maximum Gasteiger partial charge on any atom is 0.244 e. The van der Waals surface area contributed by atoms with Gasteiger partial charge in [0.1, 0.15) is 0 Å². The molecule has 3 unspecified atom stereocenters. The van der Waals surface area contributed by atoms with E-state index in [-0.39, 0.29) is 6.04 Å². The maximum atomic E-state index is 5.41. The van der Waals surface area contributed by atoms with Crippen LogP contribution in [-0.2, 0) is 4.74 Å². The van der Waals surface area contributed by atoms with E-state index in [4.69, 9.17) is 9.26 Å². The zero-order chi connectivity index (χ0) is 11.7. The summed E-state index contributed by atoms with van der Waals surface area (Å²) in [5.41, 5.74) is 0. The van der Waals surface area contributed by atoms with Gasteiger partial charge in [-0.1, -0.05) is 12.1 Å². The Morgan fingerprint density at radius 2 is 2.29 bits per heavy atom. The van der Waals surface area contributed by atoms with Gasteiger partial charge < -0.3 is 14.6 Å². The van der Waals surface area contributed by atoms with Crippen molar-refractivity contribution in [2.24, 2.45) is 5.92 Å². The van der Waals surface area contributed by atoms with Crippen molar-refractivity contribution in [3.05, 3.63) is 11.7 Å². The number of ether oxygens (including phenoxy) is 1. The Morgan fingerprint density at radius 3 is 3.06 bits per heavy atom. The van der Waals surface area contributed by atoms with Gasteiger partial charge in [-0.25, -0.2) is 0 Å².